The minimum absolute atomic E-state index is 0.123. The van der Waals surface area contributed by atoms with Gasteiger partial charge in [-0.1, -0.05) is 77.9 Å². The summed E-state index contributed by atoms with van der Waals surface area (Å²) in [5.74, 6) is -0.123. The van der Waals surface area contributed by atoms with Gasteiger partial charge in [-0.2, -0.15) is 0 Å². The Morgan fingerprint density at radius 2 is 1.50 bits per heavy atom. The van der Waals surface area contributed by atoms with E-state index in [0.717, 1.165) is 25.2 Å². The Hall–Kier alpha value is -2.49. The average molecular weight is 375 g/mol. The molecule has 0 aliphatic carbocycles. The van der Waals surface area contributed by atoms with Crippen molar-refractivity contribution >= 4 is 0 Å². The summed E-state index contributed by atoms with van der Waals surface area (Å²) in [6, 6.07) is 24.6. The summed E-state index contributed by atoms with van der Waals surface area (Å²) in [7, 11) is 0. The van der Waals surface area contributed by atoms with Crippen LogP contribution < -0.4 is 0 Å². The van der Waals surface area contributed by atoms with Gasteiger partial charge in [0.05, 0.1) is 6.17 Å². The normalized spacial score (nSPS) is 17.9. The molecule has 0 saturated carbocycles. The molecule has 1 saturated heterocycles. The lowest BCUT2D eigenvalue weighted by Gasteiger charge is -2.31. The van der Waals surface area contributed by atoms with Crippen molar-refractivity contribution < 1.29 is 4.39 Å². The molecule has 0 spiro atoms. The van der Waals surface area contributed by atoms with E-state index in [0.29, 0.717) is 6.54 Å². The number of nitrogens with zero attached hydrogens (tertiary/aromatic N) is 2. The molecule has 3 aromatic carbocycles. The molecule has 3 heteroatoms. The highest BCUT2D eigenvalue weighted by molar-refractivity contribution is 5.27. The van der Waals surface area contributed by atoms with Gasteiger partial charge in [-0.05, 0) is 31.0 Å². The van der Waals surface area contributed by atoms with E-state index in [-0.39, 0.29) is 12.0 Å². The number of rotatable bonds is 5. The molecular formula is C25H27FN2. The van der Waals surface area contributed by atoms with Crippen LogP contribution in [0.15, 0.2) is 72.8 Å². The lowest BCUT2D eigenvalue weighted by atomic mass is 10.1. The molecule has 0 N–H and O–H groups in total. The van der Waals surface area contributed by atoms with Gasteiger partial charge in [0.1, 0.15) is 5.82 Å². The third-order valence-electron chi connectivity index (χ3n) is 5.54. The molecule has 1 aliphatic rings. The average Bonchev–Trinajstić information content (AvgIpc) is 3.06. The Morgan fingerprint density at radius 3 is 2.21 bits per heavy atom. The summed E-state index contributed by atoms with van der Waals surface area (Å²) in [6.07, 6.45) is 0.153. The first kappa shape index (κ1) is 18.9. The van der Waals surface area contributed by atoms with Crippen molar-refractivity contribution in [2.75, 3.05) is 13.1 Å². The van der Waals surface area contributed by atoms with Crippen LogP contribution in [0.4, 0.5) is 4.39 Å². The highest BCUT2D eigenvalue weighted by Crippen LogP contribution is 2.33. The number of benzene rings is 3. The van der Waals surface area contributed by atoms with E-state index in [1.165, 1.54) is 22.3 Å². The third kappa shape index (κ3) is 4.16. The summed E-state index contributed by atoms with van der Waals surface area (Å²) >= 11 is 0. The molecule has 0 aromatic heterocycles. The van der Waals surface area contributed by atoms with Crippen molar-refractivity contribution in [1.82, 2.24) is 9.80 Å². The minimum atomic E-state index is -0.123. The fourth-order valence-corrected chi connectivity index (χ4v) is 4.11. The van der Waals surface area contributed by atoms with Crippen molar-refractivity contribution in [1.29, 1.82) is 0 Å². The van der Waals surface area contributed by atoms with Crippen LogP contribution in [0, 0.1) is 19.7 Å². The van der Waals surface area contributed by atoms with E-state index in [4.69, 9.17) is 0 Å². The fraction of sp³-hybridized carbons (Fsp3) is 0.280. The first-order chi connectivity index (χ1) is 13.6. The number of halogens is 1. The summed E-state index contributed by atoms with van der Waals surface area (Å²) in [4.78, 5) is 4.89. The van der Waals surface area contributed by atoms with E-state index in [1.807, 2.05) is 12.1 Å². The van der Waals surface area contributed by atoms with E-state index >= 15 is 0 Å². The first-order valence-electron chi connectivity index (χ1n) is 9.94. The Balaban J connectivity index is 1.62. The molecule has 1 heterocycles. The Labute approximate surface area is 167 Å². The molecule has 28 heavy (non-hydrogen) atoms. The summed E-state index contributed by atoms with van der Waals surface area (Å²) in [5, 5.41) is 0. The van der Waals surface area contributed by atoms with Gasteiger partial charge in [-0.15, -0.1) is 0 Å². The summed E-state index contributed by atoms with van der Waals surface area (Å²) in [6.45, 7) is 7.67. The Kier molecular flexibility index (Phi) is 5.56. The quantitative estimate of drug-likeness (QED) is 0.585. The topological polar surface area (TPSA) is 6.48 Å². The molecule has 1 atom stereocenters. The van der Waals surface area contributed by atoms with Crippen LogP contribution in [0.1, 0.15) is 34.0 Å². The second kappa shape index (κ2) is 8.26. The highest BCUT2D eigenvalue weighted by Gasteiger charge is 2.33. The molecule has 3 aromatic rings. The van der Waals surface area contributed by atoms with E-state index in [2.05, 4.69) is 72.2 Å². The van der Waals surface area contributed by atoms with Gasteiger partial charge in [0.2, 0.25) is 0 Å². The monoisotopic (exact) mass is 374 g/mol. The molecular weight excluding hydrogens is 347 g/mol. The van der Waals surface area contributed by atoms with Crippen molar-refractivity contribution in [3.8, 4) is 0 Å². The van der Waals surface area contributed by atoms with Gasteiger partial charge in [-0.25, -0.2) is 4.39 Å². The minimum Gasteiger partial charge on any atom is -0.279 e. The number of hydrogen-bond donors (Lipinski definition) is 0. The van der Waals surface area contributed by atoms with Crippen LogP contribution in [-0.2, 0) is 13.1 Å². The smallest absolute Gasteiger partial charge is 0.127 e. The van der Waals surface area contributed by atoms with E-state index in [1.54, 1.807) is 12.1 Å². The number of hydrogen-bond acceptors (Lipinski definition) is 2. The van der Waals surface area contributed by atoms with E-state index in [9.17, 15) is 4.39 Å². The molecule has 0 bridgehead atoms. The van der Waals surface area contributed by atoms with E-state index < -0.39 is 0 Å². The Morgan fingerprint density at radius 1 is 0.786 bits per heavy atom. The van der Waals surface area contributed by atoms with Gasteiger partial charge < -0.3 is 0 Å². The summed E-state index contributed by atoms with van der Waals surface area (Å²) in [5.41, 5.74) is 5.90. The maximum atomic E-state index is 14.3. The molecule has 1 aliphatic heterocycles. The van der Waals surface area contributed by atoms with Gasteiger partial charge in [0, 0.05) is 31.7 Å². The van der Waals surface area contributed by atoms with Crippen LogP contribution >= 0.6 is 0 Å². The fourth-order valence-electron chi connectivity index (χ4n) is 4.11. The van der Waals surface area contributed by atoms with Gasteiger partial charge in [-0.3, -0.25) is 9.80 Å². The standard InChI is InChI=1S/C25H27FN2/c1-19-10-12-22(13-11-19)25-27(17-21-7-5-6-20(2)16-21)14-15-28(25)18-23-8-3-4-9-24(23)26/h3-13,16,25H,14-15,17-18H2,1-2H3. The second-order valence-electron chi connectivity index (χ2n) is 7.81. The summed E-state index contributed by atoms with van der Waals surface area (Å²) < 4.78 is 14.3. The zero-order chi connectivity index (χ0) is 19.5. The molecule has 0 amide bonds. The molecule has 0 radical (unpaired) electrons. The maximum absolute atomic E-state index is 14.3. The van der Waals surface area contributed by atoms with Crippen molar-refractivity contribution in [3.05, 3.63) is 106 Å². The molecule has 1 fully saturated rings. The molecule has 4 rings (SSSR count). The zero-order valence-electron chi connectivity index (χ0n) is 16.6. The lowest BCUT2D eigenvalue weighted by Crippen LogP contribution is -2.30. The van der Waals surface area contributed by atoms with Crippen LogP contribution in [0.5, 0.6) is 0 Å². The largest absolute Gasteiger partial charge is 0.279 e. The predicted molar refractivity (Wildman–Crippen MR) is 112 cm³/mol. The first-order valence-corrected chi connectivity index (χ1v) is 9.94. The van der Waals surface area contributed by atoms with Crippen LogP contribution in [0.3, 0.4) is 0 Å². The second-order valence-corrected chi connectivity index (χ2v) is 7.81. The van der Waals surface area contributed by atoms with Crippen molar-refractivity contribution in [2.45, 2.75) is 33.1 Å². The maximum Gasteiger partial charge on any atom is 0.127 e. The van der Waals surface area contributed by atoms with Crippen LogP contribution in [-0.4, -0.2) is 22.9 Å². The lowest BCUT2D eigenvalue weighted by molar-refractivity contribution is 0.125. The highest BCUT2D eigenvalue weighted by atomic mass is 19.1. The van der Waals surface area contributed by atoms with Gasteiger partial charge >= 0.3 is 0 Å². The molecule has 144 valence electrons. The van der Waals surface area contributed by atoms with Gasteiger partial charge in [0.25, 0.3) is 0 Å². The van der Waals surface area contributed by atoms with Crippen LogP contribution in [0.2, 0.25) is 0 Å². The SMILES string of the molecule is Cc1ccc(C2N(Cc3cccc(C)c3)CCN2Cc2ccccc2F)cc1. The van der Waals surface area contributed by atoms with Crippen molar-refractivity contribution in [3.63, 3.8) is 0 Å². The Bertz CT molecular complexity index is 935. The number of aryl methyl sites for hydroxylation is 2. The van der Waals surface area contributed by atoms with Crippen molar-refractivity contribution in [2.24, 2.45) is 0 Å². The zero-order valence-corrected chi connectivity index (χ0v) is 16.6. The molecule has 1 unspecified atom stereocenters. The third-order valence-corrected chi connectivity index (χ3v) is 5.54. The van der Waals surface area contributed by atoms with Gasteiger partial charge in [0.15, 0.2) is 0 Å². The van der Waals surface area contributed by atoms with Crippen LogP contribution in [0.25, 0.3) is 0 Å². The molecule has 2 nitrogen and oxygen atoms in total. The predicted octanol–water partition coefficient (Wildman–Crippen LogP) is 5.46.